The van der Waals surface area contributed by atoms with Crippen LogP contribution in [0.5, 0.6) is 0 Å². The Hall–Kier alpha value is -3.53. The number of hydrogen-bond acceptors (Lipinski definition) is 4. The molecule has 4 aromatic rings. The molecule has 4 heteroatoms. The molecular formula is C23H16N2O2. The van der Waals surface area contributed by atoms with Crippen molar-refractivity contribution in [2.45, 2.75) is 12.8 Å². The fourth-order valence-corrected chi connectivity index (χ4v) is 3.75. The van der Waals surface area contributed by atoms with Gasteiger partial charge in [0.05, 0.1) is 10.7 Å². The maximum absolute atomic E-state index is 11.9. The number of rotatable bonds is 2. The zero-order chi connectivity index (χ0) is 18.4. The number of fused-ring (bicyclic) bond motifs is 6. The van der Waals surface area contributed by atoms with Crippen molar-refractivity contribution in [3.05, 3.63) is 95.1 Å². The second-order valence-corrected chi connectivity index (χ2v) is 6.58. The smallest absolute Gasteiger partial charge is 0.330 e. The first-order valence-corrected chi connectivity index (χ1v) is 8.82. The van der Waals surface area contributed by atoms with Crippen LogP contribution in [-0.2, 0) is 15.4 Å². The molecule has 0 amide bonds. The van der Waals surface area contributed by atoms with Crippen molar-refractivity contribution in [2.75, 3.05) is 0 Å². The molecule has 0 fully saturated rings. The molecule has 1 heterocycles. The van der Waals surface area contributed by atoms with E-state index in [9.17, 15) is 4.79 Å². The van der Waals surface area contributed by atoms with Gasteiger partial charge in [-0.2, -0.15) is 0 Å². The highest BCUT2D eigenvalue weighted by atomic mass is 16.6. The largest absolute Gasteiger partial charge is 0.412 e. The molecule has 0 radical (unpaired) electrons. The van der Waals surface area contributed by atoms with Gasteiger partial charge < -0.3 is 4.74 Å². The van der Waals surface area contributed by atoms with Crippen molar-refractivity contribution in [2.24, 2.45) is 9.98 Å². The van der Waals surface area contributed by atoms with Crippen molar-refractivity contribution < 1.29 is 9.53 Å². The van der Waals surface area contributed by atoms with E-state index in [1.807, 2.05) is 66.7 Å². The maximum atomic E-state index is 11.9. The summed E-state index contributed by atoms with van der Waals surface area (Å²) in [7, 11) is 0. The van der Waals surface area contributed by atoms with Gasteiger partial charge >= 0.3 is 11.8 Å². The van der Waals surface area contributed by atoms with Crippen LogP contribution in [0.1, 0.15) is 12.5 Å². The van der Waals surface area contributed by atoms with Crippen LogP contribution in [0.15, 0.2) is 88.8 Å². The monoisotopic (exact) mass is 352 g/mol. The molecule has 0 saturated heterocycles. The van der Waals surface area contributed by atoms with Gasteiger partial charge in [-0.15, -0.1) is 0 Å². The molecule has 4 aromatic carbocycles. The van der Waals surface area contributed by atoms with Crippen LogP contribution < -0.4 is 10.7 Å². The van der Waals surface area contributed by atoms with Gasteiger partial charge in [-0.05, 0) is 10.8 Å². The van der Waals surface area contributed by atoms with E-state index >= 15 is 0 Å². The predicted octanol–water partition coefficient (Wildman–Crippen LogP) is 3.62. The Morgan fingerprint density at radius 2 is 1.15 bits per heavy atom. The Labute approximate surface area is 155 Å². The van der Waals surface area contributed by atoms with Gasteiger partial charge in [-0.25, -0.2) is 9.98 Å². The normalized spacial score (nSPS) is 14.4. The molecule has 0 unspecified atom stereocenters. The molecule has 5 rings (SSSR count). The fourth-order valence-electron chi connectivity index (χ4n) is 3.75. The summed E-state index contributed by atoms with van der Waals surface area (Å²) in [5, 5.41) is 5.73. The van der Waals surface area contributed by atoms with E-state index in [1.165, 1.54) is 6.92 Å². The molecule has 4 nitrogen and oxygen atoms in total. The SMILES string of the molecule is CC(=O)OC1(c2ccccc2)N=c2c(c3ccccc3c3ccccc23)=N1. The summed E-state index contributed by atoms with van der Waals surface area (Å²) in [5.74, 6) is -1.81. The minimum atomic E-state index is -1.39. The molecule has 27 heavy (non-hydrogen) atoms. The third-order valence-corrected chi connectivity index (χ3v) is 4.84. The molecule has 0 N–H and O–H groups in total. The van der Waals surface area contributed by atoms with Gasteiger partial charge in [-0.3, -0.25) is 4.79 Å². The minimum absolute atomic E-state index is 0.423. The van der Waals surface area contributed by atoms with E-state index < -0.39 is 11.8 Å². The first kappa shape index (κ1) is 15.7. The fraction of sp³-hybridized carbons (Fsp3) is 0.0870. The molecule has 130 valence electrons. The van der Waals surface area contributed by atoms with Crippen LogP contribution >= 0.6 is 0 Å². The van der Waals surface area contributed by atoms with Crippen LogP contribution in [0.2, 0.25) is 0 Å². The van der Waals surface area contributed by atoms with E-state index in [4.69, 9.17) is 14.7 Å². The molecule has 0 saturated carbocycles. The van der Waals surface area contributed by atoms with E-state index in [2.05, 4.69) is 12.1 Å². The number of hydrogen-bond donors (Lipinski definition) is 0. The van der Waals surface area contributed by atoms with Crippen molar-refractivity contribution in [1.82, 2.24) is 0 Å². The lowest BCUT2D eigenvalue weighted by atomic mass is 10.0. The summed E-state index contributed by atoms with van der Waals surface area (Å²) in [6.07, 6.45) is 0. The Bertz CT molecular complexity index is 1250. The lowest BCUT2D eigenvalue weighted by molar-refractivity contribution is -0.156. The second kappa shape index (κ2) is 5.74. The topological polar surface area (TPSA) is 51.0 Å². The van der Waals surface area contributed by atoms with Gasteiger partial charge in [-0.1, -0.05) is 78.9 Å². The van der Waals surface area contributed by atoms with E-state index in [0.717, 1.165) is 37.8 Å². The molecule has 1 aliphatic heterocycles. The minimum Gasteiger partial charge on any atom is -0.412 e. The number of esters is 1. The highest BCUT2D eigenvalue weighted by Gasteiger charge is 2.38. The number of benzene rings is 4. The van der Waals surface area contributed by atoms with E-state index in [1.54, 1.807) is 0 Å². The van der Waals surface area contributed by atoms with Gasteiger partial charge in [0.1, 0.15) is 0 Å². The lowest BCUT2D eigenvalue weighted by Crippen LogP contribution is -2.27. The summed E-state index contributed by atoms with van der Waals surface area (Å²) >= 11 is 0. The molecule has 0 bridgehead atoms. The molecule has 0 atom stereocenters. The summed E-state index contributed by atoms with van der Waals surface area (Å²) in [6.45, 7) is 1.38. The summed E-state index contributed by atoms with van der Waals surface area (Å²) < 4.78 is 5.69. The Balaban J connectivity index is 1.97. The maximum Gasteiger partial charge on any atom is 0.330 e. The highest BCUT2D eigenvalue weighted by Crippen LogP contribution is 2.32. The Kier molecular flexibility index (Phi) is 3.34. The van der Waals surface area contributed by atoms with Crippen LogP contribution in [-0.4, -0.2) is 5.97 Å². The van der Waals surface area contributed by atoms with Crippen LogP contribution in [0.4, 0.5) is 0 Å². The predicted molar refractivity (Wildman–Crippen MR) is 104 cm³/mol. The van der Waals surface area contributed by atoms with Crippen molar-refractivity contribution >= 4 is 27.5 Å². The zero-order valence-electron chi connectivity index (χ0n) is 14.7. The van der Waals surface area contributed by atoms with E-state index in [-0.39, 0.29) is 0 Å². The standard InChI is InChI=1S/C23H16N2O2/c1-15(26)27-23(16-9-3-2-4-10-16)24-21-19-13-7-5-11-17(19)18-12-6-8-14-20(18)22(21)25-23/h2-14H,1H3. The van der Waals surface area contributed by atoms with Crippen LogP contribution in [0.25, 0.3) is 21.5 Å². The van der Waals surface area contributed by atoms with Gasteiger partial charge in [0.2, 0.25) is 0 Å². The number of ether oxygens (including phenoxy) is 1. The van der Waals surface area contributed by atoms with E-state index in [0.29, 0.717) is 0 Å². The first-order valence-electron chi connectivity index (χ1n) is 8.82. The Morgan fingerprint density at radius 3 is 1.63 bits per heavy atom. The highest BCUT2D eigenvalue weighted by molar-refractivity contribution is 6.07. The second-order valence-electron chi connectivity index (χ2n) is 6.58. The van der Waals surface area contributed by atoms with Crippen LogP contribution in [0.3, 0.4) is 0 Å². The van der Waals surface area contributed by atoms with Gasteiger partial charge in [0, 0.05) is 23.3 Å². The zero-order valence-corrected chi connectivity index (χ0v) is 14.7. The number of nitrogens with zero attached hydrogens (tertiary/aromatic N) is 2. The summed E-state index contributed by atoms with van der Waals surface area (Å²) in [5.41, 5.74) is 0.726. The average Bonchev–Trinajstić information content (AvgIpc) is 3.09. The quantitative estimate of drug-likeness (QED) is 0.409. The number of carbonyl (C=O) groups excluding carboxylic acids is 1. The summed E-state index contributed by atoms with van der Waals surface area (Å²) in [6, 6.07) is 25.7. The first-order chi connectivity index (χ1) is 13.2. The third-order valence-electron chi connectivity index (χ3n) is 4.84. The van der Waals surface area contributed by atoms with Crippen molar-refractivity contribution in [3.63, 3.8) is 0 Å². The van der Waals surface area contributed by atoms with Gasteiger partial charge in [0.15, 0.2) is 0 Å². The molecule has 1 aliphatic rings. The number of carbonyl (C=O) groups is 1. The lowest BCUT2D eigenvalue weighted by Gasteiger charge is -2.22. The Morgan fingerprint density at radius 1 is 0.704 bits per heavy atom. The van der Waals surface area contributed by atoms with Crippen LogP contribution in [0, 0.1) is 0 Å². The summed E-state index contributed by atoms with van der Waals surface area (Å²) in [4.78, 5) is 21.6. The average molecular weight is 352 g/mol. The molecule has 0 spiro atoms. The molecule has 0 aliphatic carbocycles. The van der Waals surface area contributed by atoms with Crippen molar-refractivity contribution in [3.8, 4) is 0 Å². The third kappa shape index (κ3) is 2.34. The molecular weight excluding hydrogens is 336 g/mol. The van der Waals surface area contributed by atoms with Crippen molar-refractivity contribution in [1.29, 1.82) is 0 Å². The van der Waals surface area contributed by atoms with Gasteiger partial charge in [0.25, 0.3) is 0 Å². The molecule has 0 aromatic heterocycles.